The molecule has 0 unspecified atom stereocenters. The fourth-order valence-electron chi connectivity index (χ4n) is 8.59. The number of rotatable bonds is 12. The molecule has 3 aliphatic rings. The summed E-state index contributed by atoms with van der Waals surface area (Å²) < 4.78 is 12.5. The molecule has 7 N–H and O–H groups in total. The van der Waals surface area contributed by atoms with Gasteiger partial charge in [0.2, 0.25) is 0 Å². The summed E-state index contributed by atoms with van der Waals surface area (Å²) in [7, 11) is 3.75. The third kappa shape index (κ3) is 8.90. The van der Waals surface area contributed by atoms with Crippen LogP contribution in [0.3, 0.4) is 0 Å². The standard InChI is InChI=1S/C54H39Cl2N3O12/c1-25-4-12-33-41(18-25)70-42-20-29(59(2)3)10-14-34(42)45(33)46-39(55)22-37(48(56)47(46)54(68)69)51(63)57-23-26-5-7-27(8-6-26)50(62)58-24-38-40(61)17-16-35-44(32-15-11-30(60)21-43(32)71-49(35)38)36-19-28(52(64)65)9-13-31(36)53(66)67/h4-22,52,61,64-65H,1,23-24H2,2-3H3,(H,57,63)(H,58,62)(H,66,67)(H,68,69). The monoisotopic (exact) mass is 991 g/mol. The molecular formula is C54H39Cl2N3O12. The molecule has 1 aliphatic carbocycles. The summed E-state index contributed by atoms with van der Waals surface area (Å²) in [5.74, 6) is -3.39. The number of fused-ring (bicyclic) bond motifs is 4. The Balaban J connectivity index is 0.966. The van der Waals surface area contributed by atoms with E-state index in [-0.39, 0.29) is 95.7 Å². The number of carbonyl (C=O) groups is 4. The van der Waals surface area contributed by atoms with Crippen LogP contribution in [0.25, 0.3) is 45.6 Å². The second-order valence-electron chi connectivity index (χ2n) is 16.8. The maximum absolute atomic E-state index is 13.7. The summed E-state index contributed by atoms with van der Waals surface area (Å²) >= 11 is 13.8. The van der Waals surface area contributed by atoms with E-state index in [9.17, 15) is 49.5 Å². The lowest BCUT2D eigenvalue weighted by Crippen LogP contribution is -2.25. The number of aromatic carboxylic acids is 2. The molecule has 2 amide bonds. The highest BCUT2D eigenvalue weighted by molar-refractivity contribution is 6.40. The number of carbonyl (C=O) groups excluding carboxylic acids is 2. The number of hydrogen-bond donors (Lipinski definition) is 7. The van der Waals surface area contributed by atoms with Crippen molar-refractivity contribution in [2.24, 2.45) is 0 Å². The predicted octanol–water partition coefficient (Wildman–Crippen LogP) is 7.65. The van der Waals surface area contributed by atoms with E-state index in [0.29, 0.717) is 44.2 Å². The first-order valence-corrected chi connectivity index (χ1v) is 22.3. The molecule has 15 nitrogen and oxygen atoms in total. The van der Waals surface area contributed by atoms with E-state index in [1.807, 2.05) is 31.1 Å². The van der Waals surface area contributed by atoms with Gasteiger partial charge >= 0.3 is 11.9 Å². The van der Waals surface area contributed by atoms with Crippen LogP contribution < -0.4 is 36.1 Å². The number of amides is 2. The van der Waals surface area contributed by atoms with Gasteiger partial charge in [-0.2, -0.15) is 0 Å². The molecule has 2 heterocycles. The van der Waals surface area contributed by atoms with Crippen LogP contribution in [0.2, 0.25) is 10.0 Å². The third-order valence-electron chi connectivity index (χ3n) is 12.1. The largest absolute Gasteiger partial charge is 0.507 e. The second kappa shape index (κ2) is 18.8. The van der Waals surface area contributed by atoms with Gasteiger partial charge in [0.15, 0.2) is 11.7 Å². The highest BCUT2D eigenvalue weighted by Gasteiger charge is 2.31. The molecule has 356 valence electrons. The number of nitrogens with zero attached hydrogens (tertiary/aromatic N) is 1. The number of phenolic OH excluding ortho intramolecular Hbond substituents is 1. The minimum atomic E-state index is -1.93. The second-order valence-corrected chi connectivity index (χ2v) is 17.6. The zero-order valence-electron chi connectivity index (χ0n) is 37.5. The molecule has 0 atom stereocenters. The van der Waals surface area contributed by atoms with Gasteiger partial charge in [0.25, 0.3) is 11.8 Å². The first kappa shape index (κ1) is 47.6. The Labute approximate surface area is 412 Å². The number of ether oxygens (including phenoxy) is 1. The van der Waals surface area contributed by atoms with Gasteiger partial charge in [-0.15, -0.1) is 0 Å². The first-order valence-electron chi connectivity index (χ1n) is 21.6. The lowest BCUT2D eigenvalue weighted by atomic mass is 9.88. The number of aromatic hydroxyl groups is 1. The van der Waals surface area contributed by atoms with Crippen molar-refractivity contribution in [2.45, 2.75) is 19.4 Å². The molecule has 9 rings (SSSR count). The van der Waals surface area contributed by atoms with Crippen molar-refractivity contribution in [1.82, 2.24) is 10.6 Å². The highest BCUT2D eigenvalue weighted by Crippen LogP contribution is 2.46. The number of aliphatic hydroxyl groups excluding tert-OH is 1. The fourth-order valence-corrected chi connectivity index (χ4v) is 9.20. The highest BCUT2D eigenvalue weighted by atomic mass is 35.5. The zero-order valence-corrected chi connectivity index (χ0v) is 39.0. The SMILES string of the molecule is C=c1ccc2c(c1)Oc1cc(N(C)C)ccc1C=2c1c(Cl)cc(C(=O)NCc2ccc(C(=O)NCc3c(O)ccc4c(-c5cc(C(O)O)ccc5C(=O)O)c5ccc(=O)cc-5oc34)cc2)c(Cl)c1C(=O)O. The Morgan fingerprint density at radius 2 is 1.45 bits per heavy atom. The Bertz CT molecular complexity index is 3720. The molecule has 0 spiro atoms. The smallest absolute Gasteiger partial charge is 0.337 e. The Morgan fingerprint density at radius 1 is 0.718 bits per heavy atom. The normalized spacial score (nSPS) is 11.8. The number of phenols is 1. The minimum Gasteiger partial charge on any atom is -0.507 e. The van der Waals surface area contributed by atoms with Crippen LogP contribution in [0, 0.1) is 0 Å². The van der Waals surface area contributed by atoms with Crippen LogP contribution in [0.15, 0.2) is 124 Å². The lowest BCUT2D eigenvalue weighted by molar-refractivity contribution is -0.0425. The molecule has 0 bridgehead atoms. The Morgan fingerprint density at radius 3 is 2.15 bits per heavy atom. The number of nitrogens with one attached hydrogen (secondary N) is 2. The number of halogens is 2. The van der Waals surface area contributed by atoms with Crippen LogP contribution in [-0.4, -0.2) is 63.4 Å². The summed E-state index contributed by atoms with van der Waals surface area (Å²) in [5.41, 5.74) is 2.27. The summed E-state index contributed by atoms with van der Waals surface area (Å²) in [6.07, 6.45) is -1.93. The molecule has 71 heavy (non-hydrogen) atoms. The van der Waals surface area contributed by atoms with E-state index >= 15 is 0 Å². The van der Waals surface area contributed by atoms with Gasteiger partial charge in [-0.3, -0.25) is 14.4 Å². The summed E-state index contributed by atoms with van der Waals surface area (Å²) in [6, 6.07) is 28.8. The lowest BCUT2D eigenvalue weighted by Gasteiger charge is -2.25. The van der Waals surface area contributed by atoms with Crippen molar-refractivity contribution < 1.29 is 53.9 Å². The Hall–Kier alpha value is -8.47. The average Bonchev–Trinajstić information content (AvgIpc) is 3.33. The van der Waals surface area contributed by atoms with E-state index in [2.05, 4.69) is 17.2 Å². The fraction of sp³-hybridized carbons (Fsp3) is 0.0926. The van der Waals surface area contributed by atoms with Gasteiger partial charge in [0.1, 0.15) is 28.6 Å². The topological polar surface area (TPSA) is 236 Å². The minimum absolute atomic E-state index is 0.00209. The van der Waals surface area contributed by atoms with E-state index in [4.69, 9.17) is 32.4 Å². The summed E-state index contributed by atoms with van der Waals surface area (Å²) in [4.78, 5) is 67.2. The molecule has 0 saturated carbocycles. The van der Waals surface area contributed by atoms with Gasteiger partial charge in [0.05, 0.1) is 38.8 Å². The number of anilines is 1. The van der Waals surface area contributed by atoms with Crippen molar-refractivity contribution >= 4 is 75.8 Å². The maximum Gasteiger partial charge on any atom is 0.337 e. The molecule has 6 aromatic rings. The number of carboxylic acid groups (broad SMARTS) is 2. The summed E-state index contributed by atoms with van der Waals surface area (Å²) in [5, 5.41) is 58.4. The van der Waals surface area contributed by atoms with E-state index in [0.717, 1.165) is 5.69 Å². The third-order valence-corrected chi connectivity index (χ3v) is 12.8. The molecule has 0 fully saturated rings. The van der Waals surface area contributed by atoms with Crippen molar-refractivity contribution in [3.8, 4) is 39.7 Å². The van der Waals surface area contributed by atoms with Gasteiger partial charge in [-0.1, -0.05) is 60.1 Å². The van der Waals surface area contributed by atoms with E-state index < -0.39 is 35.5 Å². The van der Waals surface area contributed by atoms with Crippen LogP contribution in [0.5, 0.6) is 17.2 Å². The number of benzene rings is 7. The molecule has 2 aliphatic heterocycles. The molecule has 6 aromatic carbocycles. The number of hydrogen-bond acceptors (Lipinski definition) is 11. The van der Waals surface area contributed by atoms with Crippen molar-refractivity contribution in [2.75, 3.05) is 19.0 Å². The Kier molecular flexibility index (Phi) is 12.6. The van der Waals surface area contributed by atoms with Gasteiger partial charge in [0, 0.05) is 88.0 Å². The molecule has 0 aromatic heterocycles. The molecular weight excluding hydrogens is 954 g/mol. The molecule has 17 heteroatoms. The summed E-state index contributed by atoms with van der Waals surface area (Å²) in [6.45, 7) is 3.64. The molecule has 0 radical (unpaired) electrons. The zero-order chi connectivity index (χ0) is 50.6. The van der Waals surface area contributed by atoms with E-state index in [1.54, 1.807) is 36.4 Å². The first-order chi connectivity index (χ1) is 33.9. The average molecular weight is 993 g/mol. The quantitative estimate of drug-likeness (QED) is 0.0461. The molecule has 0 saturated heterocycles. The maximum atomic E-state index is 13.7. The van der Waals surface area contributed by atoms with Crippen LogP contribution in [0.1, 0.15) is 75.5 Å². The van der Waals surface area contributed by atoms with Crippen molar-refractivity contribution in [3.05, 3.63) is 196 Å². The van der Waals surface area contributed by atoms with Crippen molar-refractivity contribution in [3.63, 3.8) is 0 Å². The van der Waals surface area contributed by atoms with Crippen LogP contribution in [0.4, 0.5) is 5.69 Å². The van der Waals surface area contributed by atoms with E-state index in [1.165, 1.54) is 66.7 Å². The van der Waals surface area contributed by atoms with Gasteiger partial charge in [-0.25, -0.2) is 9.59 Å². The number of carboxylic acids is 2. The van der Waals surface area contributed by atoms with Crippen LogP contribution >= 0.6 is 23.2 Å². The van der Waals surface area contributed by atoms with Crippen molar-refractivity contribution in [1.29, 1.82) is 0 Å². The van der Waals surface area contributed by atoms with Gasteiger partial charge < -0.3 is 50.2 Å². The van der Waals surface area contributed by atoms with Gasteiger partial charge in [-0.05, 0) is 89.1 Å². The number of aliphatic hydroxyl groups is 2. The van der Waals surface area contributed by atoms with Crippen LogP contribution in [-0.2, 0) is 13.1 Å². The predicted molar refractivity (Wildman–Crippen MR) is 266 cm³/mol.